The van der Waals surface area contributed by atoms with E-state index in [4.69, 9.17) is 4.74 Å². The lowest BCUT2D eigenvalue weighted by Gasteiger charge is -2.19. The molecule has 5 nitrogen and oxygen atoms in total. The number of allylic oxidation sites excluding steroid dienone is 1. The molecule has 2 aliphatic rings. The zero-order chi connectivity index (χ0) is 19.8. The molecule has 0 radical (unpaired) electrons. The molecule has 0 aromatic rings. The maximum atomic E-state index is 11.5. The van der Waals surface area contributed by atoms with Gasteiger partial charge in [-0.1, -0.05) is 50.0 Å². The van der Waals surface area contributed by atoms with Crippen LogP contribution >= 0.6 is 0 Å². The molecule has 2 aliphatic carbocycles. The van der Waals surface area contributed by atoms with Gasteiger partial charge in [-0.05, 0) is 37.5 Å². The predicted molar refractivity (Wildman–Crippen MR) is 107 cm³/mol. The van der Waals surface area contributed by atoms with Gasteiger partial charge in [-0.25, -0.2) is 0 Å². The van der Waals surface area contributed by atoms with Crippen LogP contribution in [0.4, 0.5) is 0 Å². The van der Waals surface area contributed by atoms with Crippen molar-refractivity contribution in [3.63, 3.8) is 0 Å². The summed E-state index contributed by atoms with van der Waals surface area (Å²) in [4.78, 5) is 13.1. The van der Waals surface area contributed by atoms with E-state index in [0.717, 1.165) is 44.9 Å². The zero-order valence-electron chi connectivity index (χ0n) is 17.1. The van der Waals surface area contributed by atoms with Crippen LogP contribution in [0.2, 0.25) is 0 Å². The molecule has 1 saturated carbocycles. The van der Waals surface area contributed by atoms with Crippen LogP contribution in [0.25, 0.3) is 0 Å². The Morgan fingerprint density at radius 2 is 2.19 bits per heavy atom. The molecule has 5 atom stereocenters. The fraction of sp³-hybridized carbons (Fsp3) is 0.773. The van der Waals surface area contributed by atoms with Crippen LogP contribution in [0.1, 0.15) is 51.9 Å². The molecule has 1 fully saturated rings. The lowest BCUT2D eigenvalue weighted by molar-refractivity contribution is -0.133. The number of unbranched alkanes of at least 4 members (excludes halogenated alkanes) is 2. The van der Waals surface area contributed by atoms with Gasteiger partial charge in [0.2, 0.25) is 5.91 Å². The summed E-state index contributed by atoms with van der Waals surface area (Å²) < 4.78 is 5.49. The number of aliphatic hydroxyl groups is 2. The molecule has 1 amide bonds. The molecule has 2 N–H and O–H groups in total. The molecule has 2 rings (SSSR count). The summed E-state index contributed by atoms with van der Waals surface area (Å²) >= 11 is 0. The maximum absolute atomic E-state index is 11.5. The molecular formula is C22H37NO4. The Hall–Kier alpha value is -1.17. The maximum Gasteiger partial charge on any atom is 0.248 e. The minimum absolute atomic E-state index is 0.0157. The van der Waals surface area contributed by atoms with E-state index >= 15 is 0 Å². The van der Waals surface area contributed by atoms with Gasteiger partial charge in [0.15, 0.2) is 0 Å². The highest BCUT2D eigenvalue weighted by atomic mass is 16.5. The summed E-state index contributed by atoms with van der Waals surface area (Å²) in [6.45, 7) is 2.85. The summed E-state index contributed by atoms with van der Waals surface area (Å²) in [5.74, 6) is 0.960. The number of hydrogen-bond donors (Lipinski definition) is 2. The summed E-state index contributed by atoms with van der Waals surface area (Å²) in [6.07, 6.45) is 12.3. The van der Waals surface area contributed by atoms with Crippen LogP contribution in [0.3, 0.4) is 0 Å². The van der Waals surface area contributed by atoms with Crippen molar-refractivity contribution in [1.29, 1.82) is 0 Å². The number of amides is 1. The summed E-state index contributed by atoms with van der Waals surface area (Å²) in [5, 5.41) is 20.5. The van der Waals surface area contributed by atoms with Crippen molar-refractivity contribution in [2.45, 2.75) is 64.1 Å². The lowest BCUT2D eigenvalue weighted by atomic mass is 9.88. The Kier molecular flexibility index (Phi) is 9.00. The standard InChI is InChI=1S/C22H37NO4/c1-4-5-6-7-18(24)8-9-19-20-13-16(12-17(20)14-21(19)25)10-11-27-15-22(26)23(2)3/h8-9,12,17-21,24-25H,4-7,10-11,13-15H2,1-3H3/t17-,18-,19+,20-,21+/m0/s1. The van der Waals surface area contributed by atoms with Gasteiger partial charge in [-0.3, -0.25) is 4.79 Å². The fourth-order valence-electron chi connectivity index (χ4n) is 4.24. The third-order valence-electron chi connectivity index (χ3n) is 5.90. The molecule has 154 valence electrons. The smallest absolute Gasteiger partial charge is 0.248 e. The zero-order valence-corrected chi connectivity index (χ0v) is 17.1. The van der Waals surface area contributed by atoms with E-state index in [9.17, 15) is 15.0 Å². The number of nitrogens with zero attached hydrogens (tertiary/aromatic N) is 1. The normalized spacial score (nSPS) is 28.4. The minimum Gasteiger partial charge on any atom is -0.392 e. The van der Waals surface area contributed by atoms with Gasteiger partial charge in [-0.2, -0.15) is 0 Å². The third kappa shape index (κ3) is 6.74. The first kappa shape index (κ1) is 22.1. The van der Waals surface area contributed by atoms with Gasteiger partial charge in [0.1, 0.15) is 6.61 Å². The number of carbonyl (C=O) groups excluding carboxylic acids is 1. The number of rotatable bonds is 11. The Bertz CT molecular complexity index is 528. The van der Waals surface area contributed by atoms with Crippen molar-refractivity contribution in [3.05, 3.63) is 23.8 Å². The van der Waals surface area contributed by atoms with Crippen LogP contribution in [0, 0.1) is 17.8 Å². The van der Waals surface area contributed by atoms with E-state index in [-0.39, 0.29) is 24.5 Å². The second-order valence-electron chi connectivity index (χ2n) is 8.28. The van der Waals surface area contributed by atoms with Gasteiger partial charge in [0.05, 0.1) is 18.8 Å². The van der Waals surface area contributed by atoms with Gasteiger partial charge < -0.3 is 19.8 Å². The number of hydrogen-bond acceptors (Lipinski definition) is 4. The van der Waals surface area contributed by atoms with E-state index in [1.807, 2.05) is 6.08 Å². The number of likely N-dealkylation sites (N-methyl/N-ethyl adjacent to an activating group) is 1. The topological polar surface area (TPSA) is 70.0 Å². The number of fused-ring (bicyclic) bond motifs is 1. The number of aliphatic hydroxyl groups excluding tert-OH is 2. The molecule has 0 aliphatic heterocycles. The monoisotopic (exact) mass is 379 g/mol. The van der Waals surface area contributed by atoms with E-state index in [0.29, 0.717) is 18.4 Å². The van der Waals surface area contributed by atoms with Gasteiger partial charge in [0, 0.05) is 20.0 Å². The van der Waals surface area contributed by atoms with Crippen LogP contribution in [-0.4, -0.2) is 60.5 Å². The van der Waals surface area contributed by atoms with Crippen molar-refractivity contribution in [3.8, 4) is 0 Å². The van der Waals surface area contributed by atoms with Gasteiger partial charge >= 0.3 is 0 Å². The largest absolute Gasteiger partial charge is 0.392 e. The van der Waals surface area contributed by atoms with Crippen LogP contribution in [0.15, 0.2) is 23.8 Å². The molecule has 0 heterocycles. The lowest BCUT2D eigenvalue weighted by Crippen LogP contribution is -2.26. The second kappa shape index (κ2) is 11.0. The van der Waals surface area contributed by atoms with E-state index in [2.05, 4.69) is 19.1 Å². The van der Waals surface area contributed by atoms with E-state index in [1.165, 1.54) is 10.5 Å². The van der Waals surface area contributed by atoms with E-state index < -0.39 is 6.10 Å². The van der Waals surface area contributed by atoms with Crippen LogP contribution in [0.5, 0.6) is 0 Å². The number of carbonyl (C=O) groups is 1. The third-order valence-corrected chi connectivity index (χ3v) is 5.90. The molecule has 0 aromatic heterocycles. The molecule has 27 heavy (non-hydrogen) atoms. The highest BCUT2D eigenvalue weighted by Crippen LogP contribution is 2.47. The van der Waals surface area contributed by atoms with Gasteiger partial charge in [-0.15, -0.1) is 0 Å². The van der Waals surface area contributed by atoms with E-state index in [1.54, 1.807) is 14.1 Å². The second-order valence-corrected chi connectivity index (χ2v) is 8.28. The fourth-order valence-corrected chi connectivity index (χ4v) is 4.24. The van der Waals surface area contributed by atoms with Crippen molar-refractivity contribution in [2.75, 3.05) is 27.3 Å². The first-order valence-electron chi connectivity index (χ1n) is 10.4. The van der Waals surface area contributed by atoms with Crippen molar-refractivity contribution < 1.29 is 19.7 Å². The molecule has 0 aromatic carbocycles. The summed E-state index contributed by atoms with van der Waals surface area (Å²) in [6, 6.07) is 0. The van der Waals surface area contributed by atoms with Crippen molar-refractivity contribution in [1.82, 2.24) is 4.90 Å². The Balaban J connectivity index is 1.76. The molecule has 0 unspecified atom stereocenters. The minimum atomic E-state index is -0.403. The van der Waals surface area contributed by atoms with Crippen molar-refractivity contribution >= 4 is 5.91 Å². The first-order chi connectivity index (χ1) is 12.9. The Morgan fingerprint density at radius 3 is 2.89 bits per heavy atom. The van der Waals surface area contributed by atoms with Crippen molar-refractivity contribution in [2.24, 2.45) is 17.8 Å². The van der Waals surface area contributed by atoms with Gasteiger partial charge in [0.25, 0.3) is 0 Å². The average molecular weight is 380 g/mol. The van der Waals surface area contributed by atoms with Crippen LogP contribution in [-0.2, 0) is 9.53 Å². The Morgan fingerprint density at radius 1 is 1.41 bits per heavy atom. The molecule has 0 spiro atoms. The van der Waals surface area contributed by atoms with Crippen LogP contribution < -0.4 is 0 Å². The molecular weight excluding hydrogens is 342 g/mol. The molecule has 0 saturated heterocycles. The Labute approximate surface area is 164 Å². The highest BCUT2D eigenvalue weighted by Gasteiger charge is 2.43. The highest BCUT2D eigenvalue weighted by molar-refractivity contribution is 5.76. The first-order valence-corrected chi connectivity index (χ1v) is 10.4. The predicted octanol–water partition coefficient (Wildman–Crippen LogP) is 2.92. The summed E-state index contributed by atoms with van der Waals surface area (Å²) in [5.41, 5.74) is 1.37. The molecule has 0 bridgehead atoms. The summed E-state index contributed by atoms with van der Waals surface area (Å²) in [7, 11) is 3.46. The quantitative estimate of drug-likeness (QED) is 0.428. The number of ether oxygens (including phenoxy) is 1. The average Bonchev–Trinajstić information content (AvgIpc) is 3.13. The molecule has 5 heteroatoms. The SMILES string of the molecule is CCCCC[C@H](O)C=C[C@@H]1[C@H]2CC(CCOCC(=O)N(C)C)=C[C@H]2C[C@H]1O.